The van der Waals surface area contributed by atoms with Crippen LogP contribution in [0.4, 0.5) is 5.69 Å². The number of nitrogens with zero attached hydrogens (tertiary/aromatic N) is 2. The molecule has 0 aliphatic heterocycles. The number of ether oxygens (including phenoxy) is 1. The van der Waals surface area contributed by atoms with Crippen molar-refractivity contribution in [1.29, 1.82) is 0 Å². The van der Waals surface area contributed by atoms with E-state index in [4.69, 9.17) is 4.74 Å². The van der Waals surface area contributed by atoms with E-state index in [0.717, 1.165) is 22.3 Å². The number of benzene rings is 2. The fraction of sp³-hybridized carbons (Fsp3) is 0.208. The number of carbonyl (C=O) groups excluding carboxylic acids is 2. The lowest BCUT2D eigenvalue weighted by Crippen LogP contribution is -2.29. The summed E-state index contributed by atoms with van der Waals surface area (Å²) in [6.07, 6.45) is 5.51. The highest BCUT2D eigenvalue weighted by Gasteiger charge is 2.17. The fourth-order valence-electron chi connectivity index (χ4n) is 2.94. The van der Waals surface area contributed by atoms with Crippen LogP contribution < -0.4 is 5.32 Å². The van der Waals surface area contributed by atoms with Gasteiger partial charge in [0.15, 0.2) is 6.10 Å². The molecule has 2 aromatic carbocycles. The molecule has 0 saturated heterocycles. The van der Waals surface area contributed by atoms with Gasteiger partial charge in [-0.25, -0.2) is 4.79 Å². The van der Waals surface area contributed by atoms with E-state index < -0.39 is 12.1 Å². The molecule has 1 amide bonds. The summed E-state index contributed by atoms with van der Waals surface area (Å²) in [5, 5.41) is 7.08. The molecule has 3 rings (SSSR count). The molecule has 0 saturated carbocycles. The van der Waals surface area contributed by atoms with Gasteiger partial charge < -0.3 is 10.1 Å². The summed E-state index contributed by atoms with van der Waals surface area (Å²) < 4.78 is 7.00. The zero-order chi connectivity index (χ0) is 21.5. The molecule has 6 heteroatoms. The molecule has 0 bridgehead atoms. The second-order valence-corrected chi connectivity index (χ2v) is 7.18. The van der Waals surface area contributed by atoms with Crippen LogP contribution in [0, 0.1) is 13.8 Å². The van der Waals surface area contributed by atoms with Gasteiger partial charge in [-0.3, -0.25) is 9.48 Å². The van der Waals surface area contributed by atoms with Gasteiger partial charge in [-0.2, -0.15) is 5.10 Å². The van der Waals surface area contributed by atoms with Crippen LogP contribution in [0.25, 0.3) is 6.08 Å². The lowest BCUT2D eigenvalue weighted by atomic mass is 10.1. The van der Waals surface area contributed by atoms with Gasteiger partial charge in [-0.05, 0) is 44.0 Å². The monoisotopic (exact) mass is 403 g/mol. The fourth-order valence-corrected chi connectivity index (χ4v) is 2.94. The van der Waals surface area contributed by atoms with Crippen molar-refractivity contribution in [3.8, 4) is 0 Å². The number of aromatic nitrogens is 2. The van der Waals surface area contributed by atoms with E-state index in [0.29, 0.717) is 12.2 Å². The van der Waals surface area contributed by atoms with Crippen LogP contribution >= 0.6 is 0 Å². The maximum atomic E-state index is 12.3. The largest absolute Gasteiger partial charge is 0.449 e. The first-order chi connectivity index (χ1) is 14.4. The summed E-state index contributed by atoms with van der Waals surface area (Å²) in [6.45, 7) is 6.10. The van der Waals surface area contributed by atoms with E-state index in [1.807, 2.05) is 68.6 Å². The zero-order valence-electron chi connectivity index (χ0n) is 17.3. The number of nitrogens with one attached hydrogen (secondary N) is 1. The molecular formula is C24H25N3O3. The number of hydrogen-bond donors (Lipinski definition) is 1. The molecule has 1 N–H and O–H groups in total. The molecule has 6 nitrogen and oxygen atoms in total. The number of esters is 1. The Labute approximate surface area is 176 Å². The van der Waals surface area contributed by atoms with Gasteiger partial charge in [0.05, 0.1) is 12.7 Å². The third kappa shape index (κ3) is 5.91. The van der Waals surface area contributed by atoms with Crippen molar-refractivity contribution in [2.45, 2.75) is 33.4 Å². The van der Waals surface area contributed by atoms with Crippen molar-refractivity contribution in [2.24, 2.45) is 0 Å². The molecule has 0 radical (unpaired) electrons. The van der Waals surface area contributed by atoms with E-state index in [1.54, 1.807) is 23.9 Å². The summed E-state index contributed by atoms with van der Waals surface area (Å²) in [5.41, 5.74) is 4.68. The summed E-state index contributed by atoms with van der Waals surface area (Å²) in [5.74, 6) is -0.964. The normalized spacial score (nSPS) is 12.0. The number of carbonyl (C=O) groups is 2. The molecule has 0 aliphatic rings. The molecule has 0 fully saturated rings. The van der Waals surface area contributed by atoms with Crippen LogP contribution in [-0.2, 0) is 20.9 Å². The van der Waals surface area contributed by atoms with Crippen molar-refractivity contribution >= 4 is 23.6 Å². The van der Waals surface area contributed by atoms with Crippen molar-refractivity contribution in [1.82, 2.24) is 9.78 Å². The standard InChI is InChI=1S/C24H25N3O3/c1-17-9-11-22(18(2)13-17)26-24(29)19(3)30-23(28)12-10-21-14-25-27(16-21)15-20-7-5-4-6-8-20/h4-14,16,19H,15H2,1-3H3,(H,26,29)/b12-10+/t19-/m1/s1. The summed E-state index contributed by atoms with van der Waals surface area (Å²) in [6, 6.07) is 15.7. The minimum Gasteiger partial charge on any atom is -0.449 e. The number of rotatable bonds is 7. The van der Waals surface area contributed by atoms with Crippen molar-refractivity contribution in [3.05, 3.63) is 89.3 Å². The molecular weight excluding hydrogens is 378 g/mol. The van der Waals surface area contributed by atoms with Gasteiger partial charge in [0.1, 0.15) is 0 Å². The Bertz CT molecular complexity index is 1050. The summed E-state index contributed by atoms with van der Waals surface area (Å²) >= 11 is 0. The Morgan fingerprint density at radius 3 is 2.67 bits per heavy atom. The third-order valence-corrected chi connectivity index (χ3v) is 4.55. The van der Waals surface area contributed by atoms with Crippen molar-refractivity contribution < 1.29 is 14.3 Å². The maximum Gasteiger partial charge on any atom is 0.331 e. The second kappa shape index (κ2) is 9.69. The summed E-state index contributed by atoms with van der Waals surface area (Å²) in [7, 11) is 0. The molecule has 1 atom stereocenters. The maximum absolute atomic E-state index is 12.3. The van der Waals surface area contributed by atoms with Crippen molar-refractivity contribution in [2.75, 3.05) is 5.32 Å². The van der Waals surface area contributed by atoms with Gasteiger partial charge in [-0.1, -0.05) is 48.0 Å². The number of hydrogen-bond acceptors (Lipinski definition) is 4. The molecule has 0 unspecified atom stereocenters. The summed E-state index contributed by atoms with van der Waals surface area (Å²) in [4.78, 5) is 24.4. The van der Waals surface area contributed by atoms with Gasteiger partial charge >= 0.3 is 5.97 Å². The number of amides is 1. The molecule has 1 aromatic heterocycles. The lowest BCUT2D eigenvalue weighted by molar-refractivity contribution is -0.148. The lowest BCUT2D eigenvalue weighted by Gasteiger charge is -2.14. The number of anilines is 1. The average molecular weight is 403 g/mol. The highest BCUT2D eigenvalue weighted by Crippen LogP contribution is 2.16. The first-order valence-electron chi connectivity index (χ1n) is 9.74. The Kier molecular flexibility index (Phi) is 6.80. The second-order valence-electron chi connectivity index (χ2n) is 7.18. The van der Waals surface area contributed by atoms with E-state index in [-0.39, 0.29) is 5.91 Å². The van der Waals surface area contributed by atoms with Crippen LogP contribution in [0.15, 0.2) is 67.0 Å². The molecule has 1 heterocycles. The zero-order valence-corrected chi connectivity index (χ0v) is 17.3. The topological polar surface area (TPSA) is 73.2 Å². The van der Waals surface area contributed by atoms with E-state index in [2.05, 4.69) is 10.4 Å². The molecule has 0 spiro atoms. The Morgan fingerprint density at radius 1 is 1.17 bits per heavy atom. The Morgan fingerprint density at radius 2 is 1.93 bits per heavy atom. The van der Waals surface area contributed by atoms with E-state index in [1.165, 1.54) is 6.08 Å². The minimum atomic E-state index is -0.913. The van der Waals surface area contributed by atoms with Gasteiger partial charge in [-0.15, -0.1) is 0 Å². The third-order valence-electron chi connectivity index (χ3n) is 4.55. The predicted octanol–water partition coefficient (Wildman–Crippen LogP) is 4.13. The molecule has 0 aliphatic carbocycles. The van der Waals surface area contributed by atoms with Crippen LogP contribution in [0.3, 0.4) is 0 Å². The van der Waals surface area contributed by atoms with Gasteiger partial charge in [0, 0.05) is 23.5 Å². The van der Waals surface area contributed by atoms with E-state index >= 15 is 0 Å². The smallest absolute Gasteiger partial charge is 0.331 e. The first-order valence-corrected chi connectivity index (χ1v) is 9.74. The average Bonchev–Trinajstić information content (AvgIpc) is 3.16. The van der Waals surface area contributed by atoms with Crippen molar-refractivity contribution in [3.63, 3.8) is 0 Å². The van der Waals surface area contributed by atoms with Crippen LogP contribution in [-0.4, -0.2) is 27.8 Å². The Balaban J connectivity index is 1.52. The van der Waals surface area contributed by atoms with Crippen LogP contribution in [0.2, 0.25) is 0 Å². The minimum absolute atomic E-state index is 0.376. The molecule has 3 aromatic rings. The van der Waals surface area contributed by atoms with E-state index in [9.17, 15) is 9.59 Å². The highest BCUT2D eigenvalue weighted by molar-refractivity contribution is 5.97. The number of aryl methyl sites for hydroxylation is 2. The molecule has 30 heavy (non-hydrogen) atoms. The molecule has 154 valence electrons. The Hall–Kier alpha value is -3.67. The van der Waals surface area contributed by atoms with Gasteiger partial charge in [0.25, 0.3) is 5.91 Å². The van der Waals surface area contributed by atoms with Crippen LogP contribution in [0.5, 0.6) is 0 Å². The quantitative estimate of drug-likeness (QED) is 0.475. The predicted molar refractivity (Wildman–Crippen MR) is 117 cm³/mol. The first kappa shape index (κ1) is 21.0. The highest BCUT2D eigenvalue weighted by atomic mass is 16.5. The SMILES string of the molecule is Cc1ccc(NC(=O)[C@@H](C)OC(=O)/C=C/c2cnn(Cc3ccccc3)c2)c(C)c1. The van der Waals surface area contributed by atoms with Gasteiger partial charge in [0.2, 0.25) is 0 Å². The van der Waals surface area contributed by atoms with Crippen LogP contribution in [0.1, 0.15) is 29.2 Å².